The molecule has 4 atom stereocenters. The minimum atomic E-state index is -1.06. The van der Waals surface area contributed by atoms with E-state index in [-0.39, 0.29) is 18.6 Å². The van der Waals surface area contributed by atoms with E-state index in [1.165, 1.54) is 40.7 Å². The molecule has 0 radical (unpaired) electrons. The molecule has 7 nitrogen and oxygen atoms in total. The van der Waals surface area contributed by atoms with Gasteiger partial charge in [0.2, 0.25) is 6.29 Å². The summed E-state index contributed by atoms with van der Waals surface area (Å²) in [7, 11) is 0. The van der Waals surface area contributed by atoms with E-state index < -0.39 is 11.9 Å². The first kappa shape index (κ1) is 36.4. The Morgan fingerprint density at radius 3 is 2.40 bits per heavy atom. The normalized spacial score (nSPS) is 20.2. The van der Waals surface area contributed by atoms with Gasteiger partial charge in [0.05, 0.1) is 19.3 Å². The first-order chi connectivity index (χ1) is 25.6. The second-order valence-corrected chi connectivity index (χ2v) is 14.3. The topological polar surface area (TPSA) is 64.6 Å². The van der Waals surface area contributed by atoms with Crippen LogP contribution in [0.25, 0.3) is 0 Å². The highest BCUT2D eigenvalue weighted by Crippen LogP contribution is 2.50. The standard InChI is InChI=1S/C45H52O7/c1-3-29-47-48-31-14-5-4-13-30-46-37-25-21-33(22-26-37)32-49-52-45(2,36-17-7-6-8-18-36)44-50-40-27-23-34-15-9-11-19-38(34)42(40)43-39-20-12-10-16-35(39)24-28-41(43)51-44/h3,6-9,11,15,17-19,21-22,24-26,28,40,42,44H,1,4-5,10,12-14,16,20,23,27,29-32H2,2H3/t40-,42+,44?,45?/m1/s1. The fourth-order valence-electron chi connectivity index (χ4n) is 7.90. The lowest BCUT2D eigenvalue weighted by Gasteiger charge is -2.38. The lowest BCUT2D eigenvalue weighted by molar-refractivity contribution is -0.409. The molecule has 52 heavy (non-hydrogen) atoms. The van der Waals surface area contributed by atoms with Crippen molar-refractivity contribution in [1.29, 1.82) is 0 Å². The number of rotatable bonds is 17. The third kappa shape index (κ3) is 8.46. The summed E-state index contributed by atoms with van der Waals surface area (Å²) in [5, 5.41) is 0. The molecule has 0 spiro atoms. The van der Waals surface area contributed by atoms with Gasteiger partial charge in [-0.15, -0.1) is 6.58 Å². The highest BCUT2D eigenvalue weighted by molar-refractivity contribution is 5.55. The molecule has 0 saturated heterocycles. The van der Waals surface area contributed by atoms with Gasteiger partial charge in [0.25, 0.3) is 0 Å². The van der Waals surface area contributed by atoms with Crippen LogP contribution in [-0.2, 0) is 55.8 Å². The molecule has 1 heterocycles. The van der Waals surface area contributed by atoms with Crippen LogP contribution in [0.2, 0.25) is 0 Å². The van der Waals surface area contributed by atoms with Crippen molar-refractivity contribution in [2.45, 2.75) is 102 Å². The number of aryl methyl sites for hydroxylation is 2. The highest BCUT2D eigenvalue weighted by atomic mass is 17.2. The van der Waals surface area contributed by atoms with Gasteiger partial charge in [0.1, 0.15) is 24.7 Å². The van der Waals surface area contributed by atoms with Gasteiger partial charge in [0, 0.05) is 11.5 Å². The van der Waals surface area contributed by atoms with E-state index >= 15 is 0 Å². The van der Waals surface area contributed by atoms with Gasteiger partial charge in [-0.3, -0.25) is 0 Å². The Kier molecular flexibility index (Phi) is 12.4. The third-order valence-electron chi connectivity index (χ3n) is 10.7. The predicted octanol–water partition coefficient (Wildman–Crippen LogP) is 9.88. The fraction of sp³-hybridized carbons (Fsp3) is 0.422. The van der Waals surface area contributed by atoms with E-state index in [4.69, 9.17) is 33.8 Å². The third-order valence-corrected chi connectivity index (χ3v) is 10.7. The van der Waals surface area contributed by atoms with E-state index in [0.717, 1.165) is 74.0 Å². The van der Waals surface area contributed by atoms with Crippen molar-refractivity contribution >= 4 is 0 Å². The molecule has 0 aromatic heterocycles. The zero-order valence-corrected chi connectivity index (χ0v) is 30.4. The average Bonchev–Trinajstić information content (AvgIpc) is 3.37. The van der Waals surface area contributed by atoms with E-state index in [1.807, 2.05) is 49.4 Å². The SMILES string of the molecule is C=CCOOCCCCCCOc1ccc(COOC(C)(c2ccccc2)C2Oc3ccc4c(c3[C@H]3c5ccccc5CC[C@H]3O2)CCCC4)cc1. The van der Waals surface area contributed by atoms with Crippen LogP contribution in [0, 0.1) is 0 Å². The summed E-state index contributed by atoms with van der Waals surface area (Å²) in [4.78, 5) is 22.6. The van der Waals surface area contributed by atoms with Gasteiger partial charge in [-0.05, 0) is 116 Å². The maximum Gasteiger partial charge on any atom is 0.236 e. The number of ether oxygens (including phenoxy) is 3. The molecule has 7 heteroatoms. The second-order valence-electron chi connectivity index (χ2n) is 14.3. The molecule has 2 unspecified atom stereocenters. The van der Waals surface area contributed by atoms with Crippen LogP contribution in [0.4, 0.5) is 0 Å². The minimum absolute atomic E-state index is 0.0650. The summed E-state index contributed by atoms with van der Waals surface area (Å²) in [6, 6.07) is 31.5. The van der Waals surface area contributed by atoms with Gasteiger partial charge < -0.3 is 14.2 Å². The van der Waals surface area contributed by atoms with E-state index in [0.29, 0.717) is 19.8 Å². The summed E-state index contributed by atoms with van der Waals surface area (Å²) in [6.45, 7) is 7.56. The Morgan fingerprint density at radius 2 is 1.56 bits per heavy atom. The van der Waals surface area contributed by atoms with Crippen LogP contribution in [0.1, 0.15) is 96.7 Å². The lowest BCUT2D eigenvalue weighted by atomic mass is 9.73. The number of unbranched alkanes of at least 4 members (excludes halogenated alkanes) is 3. The molecule has 0 fully saturated rings. The van der Waals surface area contributed by atoms with Gasteiger partial charge in [0.15, 0.2) is 5.60 Å². The molecule has 0 N–H and O–H groups in total. The average molecular weight is 705 g/mol. The largest absolute Gasteiger partial charge is 0.494 e. The summed E-state index contributed by atoms with van der Waals surface area (Å²) in [5.41, 5.74) is 7.79. The van der Waals surface area contributed by atoms with Crippen molar-refractivity contribution < 1.29 is 33.8 Å². The van der Waals surface area contributed by atoms with Crippen LogP contribution in [0.5, 0.6) is 11.5 Å². The Balaban J connectivity index is 1.03. The zero-order chi connectivity index (χ0) is 35.6. The van der Waals surface area contributed by atoms with Crippen molar-refractivity contribution in [2.24, 2.45) is 0 Å². The Bertz CT molecular complexity index is 1740. The maximum atomic E-state index is 7.11. The lowest BCUT2D eigenvalue weighted by Crippen LogP contribution is -2.47. The fourth-order valence-corrected chi connectivity index (χ4v) is 7.90. The van der Waals surface area contributed by atoms with Crippen LogP contribution in [0.15, 0.2) is 104 Å². The number of fused-ring (bicyclic) bond motifs is 7. The van der Waals surface area contributed by atoms with Crippen molar-refractivity contribution in [1.82, 2.24) is 0 Å². The van der Waals surface area contributed by atoms with Crippen LogP contribution < -0.4 is 9.47 Å². The molecule has 274 valence electrons. The summed E-state index contributed by atoms with van der Waals surface area (Å²) >= 11 is 0. The molecule has 0 bridgehead atoms. The van der Waals surface area contributed by atoms with Crippen molar-refractivity contribution in [2.75, 3.05) is 19.8 Å². The first-order valence-corrected chi connectivity index (χ1v) is 19.1. The number of hydrogen-bond acceptors (Lipinski definition) is 7. The summed E-state index contributed by atoms with van der Waals surface area (Å²) in [6.07, 6.45) is 11.4. The predicted molar refractivity (Wildman–Crippen MR) is 201 cm³/mol. The molecule has 0 amide bonds. The molecule has 1 aliphatic heterocycles. The van der Waals surface area contributed by atoms with Crippen molar-refractivity contribution in [3.63, 3.8) is 0 Å². The van der Waals surface area contributed by atoms with Gasteiger partial charge >= 0.3 is 0 Å². The molecule has 3 aliphatic rings. The molecular formula is C45H52O7. The minimum Gasteiger partial charge on any atom is -0.494 e. The molecule has 4 aromatic rings. The van der Waals surface area contributed by atoms with Gasteiger partial charge in [-0.25, -0.2) is 19.6 Å². The Hall–Kier alpha value is -3.98. The van der Waals surface area contributed by atoms with E-state index in [9.17, 15) is 0 Å². The monoisotopic (exact) mass is 704 g/mol. The van der Waals surface area contributed by atoms with E-state index in [2.05, 4.69) is 55.1 Å². The quantitative estimate of drug-likeness (QED) is 0.0469. The van der Waals surface area contributed by atoms with Crippen molar-refractivity contribution in [3.05, 3.63) is 143 Å². The molecule has 2 aliphatic carbocycles. The molecule has 4 aromatic carbocycles. The smallest absolute Gasteiger partial charge is 0.236 e. The van der Waals surface area contributed by atoms with Gasteiger partial charge in [-0.2, -0.15) is 0 Å². The number of benzene rings is 4. The van der Waals surface area contributed by atoms with Crippen LogP contribution >= 0.6 is 0 Å². The number of hydrogen-bond donors (Lipinski definition) is 0. The second kappa shape index (κ2) is 17.7. The Morgan fingerprint density at radius 1 is 0.769 bits per heavy atom. The summed E-state index contributed by atoms with van der Waals surface area (Å²) in [5.74, 6) is 1.82. The molecule has 0 saturated carbocycles. The summed E-state index contributed by atoms with van der Waals surface area (Å²) < 4.78 is 20.1. The van der Waals surface area contributed by atoms with Gasteiger partial charge in [-0.1, -0.05) is 85.3 Å². The maximum absolute atomic E-state index is 7.11. The molecule has 7 rings (SSSR count). The van der Waals surface area contributed by atoms with Crippen molar-refractivity contribution in [3.8, 4) is 11.5 Å². The first-order valence-electron chi connectivity index (χ1n) is 19.1. The zero-order valence-electron chi connectivity index (χ0n) is 30.4. The van der Waals surface area contributed by atoms with Crippen LogP contribution in [0.3, 0.4) is 0 Å². The molecular weight excluding hydrogens is 652 g/mol. The van der Waals surface area contributed by atoms with E-state index in [1.54, 1.807) is 6.08 Å². The highest BCUT2D eigenvalue weighted by Gasteiger charge is 2.48. The van der Waals surface area contributed by atoms with Crippen LogP contribution in [-0.4, -0.2) is 32.2 Å². The Labute approximate surface area is 308 Å².